The van der Waals surface area contributed by atoms with Crippen LogP contribution in [0.3, 0.4) is 0 Å². The Morgan fingerprint density at radius 3 is 1.48 bits per heavy atom. The van der Waals surface area contributed by atoms with Crippen LogP contribution in [0.4, 0.5) is 0 Å². The van der Waals surface area contributed by atoms with Crippen LogP contribution in [-0.4, -0.2) is 57.0 Å². The van der Waals surface area contributed by atoms with E-state index in [0.717, 1.165) is 0 Å². The first-order valence-electron chi connectivity index (χ1n) is 5.09. The van der Waals surface area contributed by atoms with E-state index >= 15 is 0 Å². The monoisotopic (exact) mass is 309 g/mol. The van der Waals surface area contributed by atoms with E-state index in [0.29, 0.717) is 5.57 Å². The van der Waals surface area contributed by atoms with Crippen molar-refractivity contribution in [3.63, 3.8) is 0 Å². The highest BCUT2D eigenvalue weighted by Gasteiger charge is 2.40. The van der Waals surface area contributed by atoms with Crippen molar-refractivity contribution >= 4 is 23.9 Å². The molecular formula is C11H19NO9. The van der Waals surface area contributed by atoms with Crippen molar-refractivity contribution in [3.05, 3.63) is 12.2 Å². The molecule has 122 valence electrons. The minimum absolute atomic E-state index is 0. The van der Waals surface area contributed by atoms with Gasteiger partial charge >= 0.3 is 23.9 Å². The molecule has 0 aromatic carbocycles. The standard InChI is InChI=1S/C6H8O7.C5H8O2.H3N/c7-3(8)1-6(13,5(11)12)2-4(9)10;1-4(2)5(6)7-3;/h13H,1-2H2,(H,7,8)(H,9,10)(H,11,12);1H2,2-3H3;1H3. The Morgan fingerprint density at radius 1 is 1.05 bits per heavy atom. The lowest BCUT2D eigenvalue weighted by molar-refractivity contribution is -0.170. The Morgan fingerprint density at radius 2 is 1.38 bits per heavy atom. The number of aliphatic hydroxyl groups is 1. The minimum Gasteiger partial charge on any atom is -0.481 e. The third-order valence-corrected chi connectivity index (χ3v) is 1.82. The van der Waals surface area contributed by atoms with E-state index < -0.39 is 36.4 Å². The topological polar surface area (TPSA) is 193 Å². The maximum atomic E-state index is 10.3. The Bertz CT molecular complexity index is 400. The normalized spacial score (nSPS) is 9.29. The summed E-state index contributed by atoms with van der Waals surface area (Å²) >= 11 is 0. The third-order valence-electron chi connectivity index (χ3n) is 1.82. The van der Waals surface area contributed by atoms with Gasteiger partial charge in [-0.05, 0) is 6.92 Å². The highest BCUT2D eigenvalue weighted by molar-refractivity contribution is 5.88. The number of carbonyl (C=O) groups is 4. The molecule has 10 nitrogen and oxygen atoms in total. The molecule has 0 fully saturated rings. The number of methoxy groups -OCH3 is 1. The van der Waals surface area contributed by atoms with Crippen molar-refractivity contribution in [3.8, 4) is 0 Å². The molecule has 0 aliphatic heterocycles. The second-order valence-corrected chi connectivity index (χ2v) is 3.75. The number of carboxylic acid groups (broad SMARTS) is 3. The van der Waals surface area contributed by atoms with Crippen LogP contribution in [-0.2, 0) is 23.9 Å². The largest absolute Gasteiger partial charge is 0.481 e. The first kappa shape index (κ1) is 23.6. The molecule has 0 saturated heterocycles. The van der Waals surface area contributed by atoms with E-state index in [4.69, 9.17) is 20.4 Å². The van der Waals surface area contributed by atoms with Gasteiger partial charge in [-0.15, -0.1) is 0 Å². The summed E-state index contributed by atoms with van der Waals surface area (Å²) in [7, 11) is 1.33. The summed E-state index contributed by atoms with van der Waals surface area (Å²) in [5.74, 6) is -5.37. The number of aliphatic carboxylic acids is 3. The fourth-order valence-electron chi connectivity index (χ4n) is 0.888. The molecule has 7 N–H and O–H groups in total. The summed E-state index contributed by atoms with van der Waals surface area (Å²) in [6.45, 7) is 4.95. The van der Waals surface area contributed by atoms with Gasteiger partial charge in [0, 0.05) is 5.57 Å². The second kappa shape index (κ2) is 10.3. The van der Waals surface area contributed by atoms with Gasteiger partial charge in [-0.3, -0.25) is 9.59 Å². The number of esters is 1. The van der Waals surface area contributed by atoms with Gasteiger partial charge in [-0.2, -0.15) is 0 Å². The average molecular weight is 309 g/mol. The number of rotatable bonds is 6. The number of hydrogen-bond donors (Lipinski definition) is 5. The van der Waals surface area contributed by atoms with Crippen LogP contribution in [0.2, 0.25) is 0 Å². The molecule has 0 aliphatic carbocycles. The van der Waals surface area contributed by atoms with Crippen molar-refractivity contribution in [2.24, 2.45) is 0 Å². The summed E-state index contributed by atoms with van der Waals surface area (Å²) in [4.78, 5) is 40.7. The van der Waals surface area contributed by atoms with Crippen molar-refractivity contribution < 1.29 is 44.3 Å². The van der Waals surface area contributed by atoms with Gasteiger partial charge in [0.05, 0.1) is 20.0 Å². The van der Waals surface area contributed by atoms with Crippen LogP contribution in [0.1, 0.15) is 19.8 Å². The quantitative estimate of drug-likeness (QED) is 0.319. The van der Waals surface area contributed by atoms with Crippen molar-refractivity contribution in [2.45, 2.75) is 25.4 Å². The van der Waals surface area contributed by atoms with Gasteiger partial charge in [0.15, 0.2) is 5.60 Å². The summed E-state index contributed by atoms with van der Waals surface area (Å²) < 4.78 is 4.27. The molecule has 0 heterocycles. The highest BCUT2D eigenvalue weighted by Crippen LogP contribution is 2.15. The Kier molecular flexibility index (Phi) is 11.6. The van der Waals surface area contributed by atoms with Gasteiger partial charge in [-0.1, -0.05) is 6.58 Å². The summed E-state index contributed by atoms with van der Waals surface area (Å²) in [6, 6.07) is 0. The number of carboxylic acids is 3. The number of carbonyl (C=O) groups excluding carboxylic acids is 1. The molecule has 21 heavy (non-hydrogen) atoms. The minimum atomic E-state index is -2.74. The maximum absolute atomic E-state index is 10.3. The van der Waals surface area contributed by atoms with Crippen LogP contribution in [0.5, 0.6) is 0 Å². The molecule has 0 spiro atoms. The van der Waals surface area contributed by atoms with Crippen LogP contribution in [0, 0.1) is 0 Å². The first-order chi connectivity index (χ1) is 8.96. The molecule has 0 aromatic rings. The number of ether oxygens (including phenoxy) is 1. The molecule has 0 amide bonds. The molecule has 0 aliphatic rings. The lowest BCUT2D eigenvalue weighted by Crippen LogP contribution is -2.42. The van der Waals surface area contributed by atoms with E-state index in [9.17, 15) is 19.2 Å². The van der Waals surface area contributed by atoms with Gasteiger partial charge < -0.3 is 31.3 Å². The fraction of sp³-hybridized carbons (Fsp3) is 0.455. The smallest absolute Gasteiger partial charge is 0.336 e. The van der Waals surface area contributed by atoms with Crippen molar-refractivity contribution in [1.29, 1.82) is 0 Å². The number of hydrogen-bond acceptors (Lipinski definition) is 7. The van der Waals surface area contributed by atoms with Gasteiger partial charge in [0.2, 0.25) is 0 Å². The van der Waals surface area contributed by atoms with Gasteiger partial charge in [-0.25, -0.2) is 9.59 Å². The zero-order valence-electron chi connectivity index (χ0n) is 11.7. The molecule has 0 rings (SSSR count). The first-order valence-corrected chi connectivity index (χ1v) is 5.09. The molecule has 0 bridgehead atoms. The van der Waals surface area contributed by atoms with E-state index in [1.807, 2.05) is 0 Å². The lowest BCUT2D eigenvalue weighted by atomic mass is 9.96. The van der Waals surface area contributed by atoms with E-state index in [1.54, 1.807) is 6.92 Å². The van der Waals surface area contributed by atoms with Gasteiger partial charge in [0.25, 0.3) is 0 Å². The van der Waals surface area contributed by atoms with Crippen LogP contribution >= 0.6 is 0 Å². The average Bonchev–Trinajstić information content (AvgIpc) is 2.26. The predicted molar refractivity (Wildman–Crippen MR) is 68.9 cm³/mol. The summed E-state index contributed by atoms with van der Waals surface area (Å²) in [5, 5.41) is 33.8. The Labute approximate surface area is 120 Å². The molecule has 0 unspecified atom stereocenters. The van der Waals surface area contributed by atoms with E-state index in [2.05, 4.69) is 11.3 Å². The molecule has 0 atom stereocenters. The van der Waals surface area contributed by atoms with Crippen LogP contribution in [0.15, 0.2) is 12.2 Å². The van der Waals surface area contributed by atoms with Crippen LogP contribution < -0.4 is 6.15 Å². The van der Waals surface area contributed by atoms with E-state index in [-0.39, 0.29) is 12.1 Å². The lowest BCUT2D eigenvalue weighted by Gasteiger charge is -2.18. The Hall–Kier alpha value is -2.46. The van der Waals surface area contributed by atoms with Crippen molar-refractivity contribution in [2.75, 3.05) is 7.11 Å². The zero-order valence-corrected chi connectivity index (χ0v) is 11.7. The second-order valence-electron chi connectivity index (χ2n) is 3.75. The Balaban J connectivity index is -0.000000347. The molecule has 0 radical (unpaired) electrons. The fourth-order valence-corrected chi connectivity index (χ4v) is 0.888. The highest BCUT2D eigenvalue weighted by atomic mass is 16.5. The molecule has 10 heteroatoms. The summed E-state index contributed by atoms with van der Waals surface area (Å²) in [5.41, 5.74) is -2.31. The zero-order chi connectivity index (χ0) is 16.5. The van der Waals surface area contributed by atoms with Crippen molar-refractivity contribution in [1.82, 2.24) is 6.15 Å². The van der Waals surface area contributed by atoms with Crippen LogP contribution in [0.25, 0.3) is 0 Å². The van der Waals surface area contributed by atoms with Gasteiger partial charge in [0.1, 0.15) is 0 Å². The maximum Gasteiger partial charge on any atom is 0.336 e. The molecular weight excluding hydrogens is 290 g/mol. The summed E-state index contributed by atoms with van der Waals surface area (Å²) in [6.07, 6.45) is -2.29. The predicted octanol–water partition coefficient (Wildman–Crippen LogP) is -0.351. The SMILES string of the molecule is C=C(C)C(=O)OC.N.O=C(O)CC(O)(CC(=O)O)C(=O)O. The van der Waals surface area contributed by atoms with E-state index in [1.165, 1.54) is 7.11 Å². The third kappa shape index (κ3) is 11.1. The molecule has 0 saturated carbocycles. The molecule has 0 aromatic heterocycles.